The van der Waals surface area contributed by atoms with E-state index in [4.69, 9.17) is 28.4 Å². The number of nitrogens with one attached hydrogen (secondary N) is 1. The number of carbonyl (C=O) groups excluding carboxylic acids is 3. The van der Waals surface area contributed by atoms with Crippen molar-refractivity contribution in [3.63, 3.8) is 0 Å². The van der Waals surface area contributed by atoms with Crippen LogP contribution in [-0.4, -0.2) is 94.2 Å². The van der Waals surface area contributed by atoms with Crippen LogP contribution in [0.4, 0.5) is 5.82 Å². The molecule has 0 aliphatic carbocycles. The summed E-state index contributed by atoms with van der Waals surface area (Å²) in [5, 5.41) is 13.2. The minimum absolute atomic E-state index is 0.00447. The summed E-state index contributed by atoms with van der Waals surface area (Å²) in [6.45, 7) is 6.22. The summed E-state index contributed by atoms with van der Waals surface area (Å²) >= 11 is 0. The lowest BCUT2D eigenvalue weighted by Crippen LogP contribution is -2.35. The second-order valence-electron chi connectivity index (χ2n) is 8.36. The Morgan fingerprint density at radius 1 is 0.921 bits per heavy atom. The van der Waals surface area contributed by atoms with Gasteiger partial charge in [-0.3, -0.25) is 19.0 Å². The molecule has 212 valence electrons. The maximum absolute atomic E-state index is 12.0. The fraction of sp³-hybridized carbons (Fsp3) is 0.652. The zero-order valence-electron chi connectivity index (χ0n) is 22.1. The number of aromatic nitrogens is 4. The fourth-order valence-corrected chi connectivity index (χ4v) is 2.75. The van der Waals surface area contributed by atoms with Gasteiger partial charge in [0, 0.05) is 19.8 Å². The van der Waals surface area contributed by atoms with Gasteiger partial charge >= 0.3 is 11.9 Å². The molecule has 0 spiro atoms. The number of aliphatic hydroxyl groups excluding tert-OH is 1. The molecular weight excluding hydrogens is 506 g/mol. The number of nitrogens with zero attached hydrogens (tertiary/aromatic N) is 4. The number of aliphatic hydroxyl groups is 1. The van der Waals surface area contributed by atoms with E-state index in [1.165, 1.54) is 26.5 Å². The van der Waals surface area contributed by atoms with Gasteiger partial charge in [0.2, 0.25) is 5.91 Å². The van der Waals surface area contributed by atoms with Crippen molar-refractivity contribution >= 4 is 34.8 Å². The van der Waals surface area contributed by atoms with Gasteiger partial charge in [-0.15, -0.1) is 0 Å². The third-order valence-electron chi connectivity index (χ3n) is 4.87. The van der Waals surface area contributed by atoms with Crippen LogP contribution < -0.4 is 5.32 Å². The number of rotatable bonds is 17. The molecule has 0 radical (unpaired) electrons. The molecular formula is C23H35N5O10. The van der Waals surface area contributed by atoms with Crippen LogP contribution in [0.15, 0.2) is 12.7 Å². The maximum Gasteiger partial charge on any atom is 0.302 e. The van der Waals surface area contributed by atoms with Gasteiger partial charge in [0.05, 0.1) is 32.3 Å². The summed E-state index contributed by atoms with van der Waals surface area (Å²) in [7, 11) is 0. The van der Waals surface area contributed by atoms with E-state index in [2.05, 4.69) is 20.3 Å². The van der Waals surface area contributed by atoms with Crippen molar-refractivity contribution in [2.45, 2.75) is 60.0 Å². The molecule has 2 aromatic heterocycles. The van der Waals surface area contributed by atoms with Crippen molar-refractivity contribution < 1.29 is 47.9 Å². The summed E-state index contributed by atoms with van der Waals surface area (Å²) in [5.74, 6) is -1.05. The van der Waals surface area contributed by atoms with Gasteiger partial charge in [0.25, 0.3) is 6.48 Å². The van der Waals surface area contributed by atoms with Crippen LogP contribution >= 0.6 is 0 Å². The van der Waals surface area contributed by atoms with E-state index in [1.807, 2.05) is 0 Å². The highest BCUT2D eigenvalue weighted by atomic mass is 16.8. The highest BCUT2D eigenvalue weighted by Gasteiger charge is 2.20. The number of carbonyl (C=O) groups is 3. The number of ether oxygens (including phenoxy) is 6. The number of hydrogen-bond acceptors (Lipinski definition) is 13. The zero-order valence-corrected chi connectivity index (χ0v) is 22.1. The summed E-state index contributed by atoms with van der Waals surface area (Å²) in [6, 6.07) is 0. The third-order valence-corrected chi connectivity index (χ3v) is 4.87. The number of fused-ring (bicyclic) bond motifs is 1. The number of esters is 2. The molecule has 38 heavy (non-hydrogen) atoms. The Morgan fingerprint density at radius 3 is 2.13 bits per heavy atom. The average Bonchev–Trinajstić information content (AvgIpc) is 3.29. The lowest BCUT2D eigenvalue weighted by Gasteiger charge is -2.23. The van der Waals surface area contributed by atoms with E-state index < -0.39 is 30.6 Å². The van der Waals surface area contributed by atoms with Gasteiger partial charge in [-0.25, -0.2) is 15.0 Å². The average molecular weight is 542 g/mol. The molecule has 15 nitrogen and oxygen atoms in total. The van der Waals surface area contributed by atoms with Crippen molar-refractivity contribution in [3.8, 4) is 0 Å². The molecule has 0 aliphatic rings. The second kappa shape index (κ2) is 15.9. The maximum atomic E-state index is 12.0. The highest BCUT2D eigenvalue weighted by Crippen LogP contribution is 2.18. The molecule has 2 heterocycles. The molecule has 15 heteroatoms. The van der Waals surface area contributed by atoms with Gasteiger partial charge < -0.3 is 38.8 Å². The van der Waals surface area contributed by atoms with Gasteiger partial charge in [-0.1, -0.05) is 13.8 Å². The van der Waals surface area contributed by atoms with Crippen molar-refractivity contribution in [2.75, 3.05) is 38.4 Å². The van der Waals surface area contributed by atoms with Gasteiger partial charge in [0.15, 0.2) is 17.0 Å². The van der Waals surface area contributed by atoms with Crippen LogP contribution in [0.1, 0.15) is 34.6 Å². The minimum atomic E-state index is -1.21. The molecule has 2 aromatic rings. The van der Waals surface area contributed by atoms with E-state index in [-0.39, 0.29) is 51.6 Å². The molecule has 0 fully saturated rings. The lowest BCUT2D eigenvalue weighted by molar-refractivity contribution is -0.300. The van der Waals surface area contributed by atoms with Gasteiger partial charge in [-0.2, -0.15) is 0 Å². The molecule has 2 rings (SSSR count). The fourth-order valence-electron chi connectivity index (χ4n) is 2.75. The summed E-state index contributed by atoms with van der Waals surface area (Å²) < 4.78 is 33.2. The number of hydrogen-bond donors (Lipinski definition) is 2. The molecule has 0 bridgehead atoms. The van der Waals surface area contributed by atoms with Crippen molar-refractivity contribution in [2.24, 2.45) is 5.92 Å². The molecule has 2 atom stereocenters. The van der Waals surface area contributed by atoms with Crippen molar-refractivity contribution in [1.29, 1.82) is 0 Å². The van der Waals surface area contributed by atoms with Crippen LogP contribution in [0.5, 0.6) is 0 Å². The Kier molecular flexibility index (Phi) is 12.9. The summed E-state index contributed by atoms with van der Waals surface area (Å²) in [5.41, 5.74) is 0.848. The van der Waals surface area contributed by atoms with Crippen molar-refractivity contribution in [3.05, 3.63) is 12.7 Å². The molecule has 0 aromatic carbocycles. The third kappa shape index (κ3) is 10.6. The minimum Gasteiger partial charge on any atom is -0.463 e. The van der Waals surface area contributed by atoms with Crippen molar-refractivity contribution in [1.82, 2.24) is 19.5 Å². The normalized spacial score (nSPS) is 13.1. The summed E-state index contributed by atoms with van der Waals surface area (Å²) in [6.07, 6.45) is 1.05. The quantitative estimate of drug-likeness (QED) is 0.161. The monoisotopic (exact) mass is 541 g/mol. The van der Waals surface area contributed by atoms with Gasteiger partial charge in [0.1, 0.15) is 32.4 Å². The largest absolute Gasteiger partial charge is 0.463 e. The second-order valence-corrected chi connectivity index (χ2v) is 8.36. The molecule has 0 saturated carbocycles. The van der Waals surface area contributed by atoms with E-state index in [9.17, 15) is 19.5 Å². The first-order valence-electron chi connectivity index (χ1n) is 12.0. The standard InChI is InChI=1S/C23H35N5O10/c1-14(2)22(32)27-20-19-21(25-11-24-20)28(12-26-19)13-38-15(3)18(31)10-37-23(35-8-6-33-16(4)29)36-9-7-34-17(5)30/h11-12,14-15,18,23,31H,6-10,13H2,1-5H3,(H,24,25,27,32)/t15-,18-/m1/s1. The first-order chi connectivity index (χ1) is 18.1. The van der Waals surface area contributed by atoms with Crippen LogP contribution in [0.3, 0.4) is 0 Å². The number of anilines is 1. The zero-order chi connectivity index (χ0) is 28.1. The number of amides is 1. The van der Waals surface area contributed by atoms with Crippen LogP contribution in [0.2, 0.25) is 0 Å². The molecule has 1 amide bonds. The van der Waals surface area contributed by atoms with Crippen LogP contribution in [0.25, 0.3) is 11.2 Å². The Balaban J connectivity index is 1.88. The van der Waals surface area contributed by atoms with E-state index >= 15 is 0 Å². The Bertz CT molecular complexity index is 1020. The topological polar surface area (TPSA) is 182 Å². The number of imidazole rings is 1. The molecule has 0 saturated heterocycles. The smallest absolute Gasteiger partial charge is 0.302 e. The Labute approximate surface area is 219 Å². The predicted octanol–water partition coefficient (Wildman–Crippen LogP) is 0.604. The Hall–Kier alpha value is -3.24. The highest BCUT2D eigenvalue weighted by molar-refractivity contribution is 5.97. The van der Waals surface area contributed by atoms with Crippen LogP contribution in [-0.2, 0) is 49.5 Å². The lowest BCUT2D eigenvalue weighted by atomic mass is 10.2. The van der Waals surface area contributed by atoms with E-state index in [0.29, 0.717) is 17.0 Å². The van der Waals surface area contributed by atoms with E-state index in [1.54, 1.807) is 25.3 Å². The van der Waals surface area contributed by atoms with Gasteiger partial charge in [-0.05, 0) is 6.92 Å². The first kappa shape index (κ1) is 31.0. The van der Waals surface area contributed by atoms with E-state index in [0.717, 1.165) is 0 Å². The SMILES string of the molecule is CC(=O)OCCOC(OCCOC(C)=O)OC[C@@H](O)[C@@H](C)OCn1cnc2c(NC(=O)C(C)C)ncnc21. The first-order valence-corrected chi connectivity index (χ1v) is 12.0. The van der Waals surface area contributed by atoms with Crippen LogP contribution in [0, 0.1) is 5.92 Å². The molecule has 2 N–H and O–H groups in total. The Morgan fingerprint density at radius 2 is 1.55 bits per heavy atom. The molecule has 0 aliphatic heterocycles. The summed E-state index contributed by atoms with van der Waals surface area (Å²) in [4.78, 5) is 46.4. The molecule has 0 unspecified atom stereocenters. The predicted molar refractivity (Wildman–Crippen MR) is 130 cm³/mol.